The lowest BCUT2D eigenvalue weighted by Gasteiger charge is -2.38. The summed E-state index contributed by atoms with van der Waals surface area (Å²) < 4.78 is 87.7. The number of likely N-dealkylation sites (N-methyl/N-ethyl adjacent to an activating group) is 1. The lowest BCUT2D eigenvalue weighted by atomic mass is 9.78. The van der Waals surface area contributed by atoms with E-state index in [0.717, 1.165) is 31.4 Å². The molecule has 1 aromatic carbocycles. The summed E-state index contributed by atoms with van der Waals surface area (Å²) in [6.45, 7) is 0. The minimum atomic E-state index is -4.89. The Morgan fingerprint density at radius 3 is 2.08 bits per heavy atom. The minimum Gasteiger partial charge on any atom is -0.341 e. The van der Waals surface area contributed by atoms with Crippen LogP contribution in [0.2, 0.25) is 0 Å². The van der Waals surface area contributed by atoms with Crippen molar-refractivity contribution in [3.63, 3.8) is 0 Å². The number of benzene rings is 1. The summed E-state index contributed by atoms with van der Waals surface area (Å²) in [5.74, 6) is -2.30. The van der Waals surface area contributed by atoms with Crippen LogP contribution < -0.4 is 10.5 Å². The molecule has 0 aromatic heterocycles. The van der Waals surface area contributed by atoms with Gasteiger partial charge in [-0.15, -0.1) is 12.4 Å². The molecule has 2 fully saturated rings. The predicted molar refractivity (Wildman–Crippen MR) is 133 cm³/mol. The molecule has 0 spiro atoms. The standard InChI is InChI=1S/C22H32F3N3O5S2.ClH/c1-28(18-3-2-4-18)21(29)20(26)16-7-5-15(6-8-16)13-34(30,31)19-11-9-17(10-12-19)27-35(32,33)14-22(23,24)25;/h9-12,15-16,18,20,27H,2-8,13-14,26H2,1H3;1H/t15?,16?,20-;/m0./s1. The van der Waals surface area contributed by atoms with E-state index < -0.39 is 37.8 Å². The van der Waals surface area contributed by atoms with Gasteiger partial charge in [0.05, 0.1) is 16.7 Å². The van der Waals surface area contributed by atoms with Crippen molar-refractivity contribution in [3.05, 3.63) is 24.3 Å². The fourth-order valence-corrected chi connectivity index (χ4v) is 7.37. The van der Waals surface area contributed by atoms with Gasteiger partial charge in [-0.25, -0.2) is 16.8 Å². The molecule has 14 heteroatoms. The molecule has 0 radical (unpaired) electrons. The maximum atomic E-state index is 12.8. The van der Waals surface area contributed by atoms with Gasteiger partial charge >= 0.3 is 6.18 Å². The SMILES string of the molecule is CN(C(=O)[C@@H](N)C1CCC(CS(=O)(=O)c2ccc(NS(=O)(=O)CC(F)(F)F)cc2)CC1)C1CCC1.Cl. The van der Waals surface area contributed by atoms with Crippen LogP contribution in [-0.2, 0) is 24.7 Å². The zero-order valence-corrected chi connectivity index (χ0v) is 22.4. The van der Waals surface area contributed by atoms with Crippen molar-refractivity contribution in [1.82, 2.24) is 4.90 Å². The number of nitrogens with one attached hydrogen (secondary N) is 1. The number of carbonyl (C=O) groups is 1. The monoisotopic (exact) mass is 575 g/mol. The van der Waals surface area contributed by atoms with Gasteiger partial charge in [-0.05, 0) is 81.0 Å². The van der Waals surface area contributed by atoms with Gasteiger partial charge in [-0.3, -0.25) is 9.52 Å². The third kappa shape index (κ3) is 8.22. The average molecular weight is 576 g/mol. The maximum Gasteiger partial charge on any atom is 0.404 e. The fraction of sp³-hybridized carbons (Fsp3) is 0.682. The summed E-state index contributed by atoms with van der Waals surface area (Å²) in [7, 11) is -6.55. The summed E-state index contributed by atoms with van der Waals surface area (Å²) in [6, 6.07) is 4.28. The third-order valence-electron chi connectivity index (χ3n) is 6.95. The van der Waals surface area contributed by atoms with Gasteiger partial charge in [0.25, 0.3) is 0 Å². The van der Waals surface area contributed by atoms with E-state index in [9.17, 15) is 34.8 Å². The van der Waals surface area contributed by atoms with Crippen molar-refractivity contribution >= 4 is 43.9 Å². The number of hydrogen-bond donors (Lipinski definition) is 2. The first kappa shape index (κ1) is 30.7. The molecule has 1 atom stereocenters. The number of amides is 1. The van der Waals surface area contributed by atoms with Crippen LogP contribution in [0.25, 0.3) is 0 Å². The van der Waals surface area contributed by atoms with Crippen LogP contribution in [0.1, 0.15) is 44.9 Å². The van der Waals surface area contributed by atoms with Gasteiger partial charge in [0, 0.05) is 18.8 Å². The smallest absolute Gasteiger partial charge is 0.341 e. The minimum absolute atomic E-state index is 0. The molecule has 1 amide bonds. The van der Waals surface area contributed by atoms with E-state index in [1.54, 1.807) is 16.7 Å². The number of hydrogen-bond acceptors (Lipinski definition) is 6. The summed E-state index contributed by atoms with van der Waals surface area (Å²) in [6.07, 6.45) is 0.781. The van der Waals surface area contributed by atoms with E-state index in [0.29, 0.717) is 25.7 Å². The molecule has 1 aromatic rings. The first-order chi connectivity index (χ1) is 16.2. The number of sulfonamides is 1. The van der Waals surface area contributed by atoms with Gasteiger partial charge in [-0.2, -0.15) is 13.2 Å². The van der Waals surface area contributed by atoms with Gasteiger partial charge < -0.3 is 10.6 Å². The maximum absolute atomic E-state index is 12.8. The topological polar surface area (TPSA) is 127 Å². The van der Waals surface area contributed by atoms with Crippen LogP contribution in [0.15, 0.2) is 29.2 Å². The molecule has 0 unspecified atom stereocenters. The van der Waals surface area contributed by atoms with Crippen LogP contribution in [-0.4, -0.2) is 64.5 Å². The molecule has 3 rings (SSSR count). The number of rotatable bonds is 9. The Hall–Kier alpha value is -1.57. The highest BCUT2D eigenvalue weighted by atomic mass is 35.5. The van der Waals surface area contributed by atoms with Crippen molar-refractivity contribution in [2.75, 3.05) is 23.3 Å². The zero-order chi connectivity index (χ0) is 26.0. The molecule has 0 saturated heterocycles. The molecule has 2 aliphatic carbocycles. The van der Waals surface area contributed by atoms with E-state index in [1.807, 2.05) is 0 Å². The van der Waals surface area contributed by atoms with E-state index in [1.165, 1.54) is 12.1 Å². The molecule has 8 nitrogen and oxygen atoms in total. The van der Waals surface area contributed by atoms with Crippen molar-refractivity contribution in [2.45, 2.75) is 68.1 Å². The summed E-state index contributed by atoms with van der Waals surface area (Å²) in [5.41, 5.74) is 6.09. The normalized spacial score (nSPS) is 22.1. The molecule has 36 heavy (non-hydrogen) atoms. The molecule has 2 aliphatic rings. The third-order valence-corrected chi connectivity index (χ3v) is 10.1. The number of sulfone groups is 1. The van der Waals surface area contributed by atoms with Crippen molar-refractivity contribution in [1.29, 1.82) is 0 Å². The quantitative estimate of drug-likeness (QED) is 0.465. The average Bonchev–Trinajstić information content (AvgIpc) is 2.70. The zero-order valence-electron chi connectivity index (χ0n) is 19.9. The first-order valence-corrected chi connectivity index (χ1v) is 14.9. The van der Waals surface area contributed by atoms with Crippen LogP contribution in [0, 0.1) is 11.8 Å². The van der Waals surface area contributed by atoms with Crippen LogP contribution >= 0.6 is 12.4 Å². The Labute approximate surface area is 216 Å². The van der Waals surface area contributed by atoms with E-state index in [-0.39, 0.29) is 52.5 Å². The molecular weight excluding hydrogens is 543 g/mol. The van der Waals surface area contributed by atoms with Gasteiger partial charge in [-0.1, -0.05) is 0 Å². The predicted octanol–water partition coefficient (Wildman–Crippen LogP) is 3.33. The highest BCUT2D eigenvalue weighted by Crippen LogP contribution is 2.34. The Balaban J connectivity index is 0.00000456. The lowest BCUT2D eigenvalue weighted by molar-refractivity contribution is -0.136. The van der Waals surface area contributed by atoms with Gasteiger partial charge in [0.1, 0.15) is 0 Å². The number of anilines is 1. The fourth-order valence-electron chi connectivity index (χ4n) is 4.67. The largest absolute Gasteiger partial charge is 0.404 e. The second kappa shape index (κ2) is 11.9. The van der Waals surface area contributed by atoms with E-state index in [2.05, 4.69) is 0 Å². The summed E-state index contributed by atoms with van der Waals surface area (Å²) >= 11 is 0. The number of nitrogens with zero attached hydrogens (tertiary/aromatic N) is 1. The molecule has 3 N–H and O–H groups in total. The van der Waals surface area contributed by atoms with Crippen molar-refractivity contribution in [3.8, 4) is 0 Å². The highest BCUT2D eigenvalue weighted by molar-refractivity contribution is 7.92. The first-order valence-electron chi connectivity index (χ1n) is 11.6. The van der Waals surface area contributed by atoms with E-state index >= 15 is 0 Å². The molecule has 0 aliphatic heterocycles. The molecule has 2 saturated carbocycles. The van der Waals surface area contributed by atoms with Crippen molar-refractivity contribution in [2.24, 2.45) is 17.6 Å². The second-order valence-electron chi connectivity index (χ2n) is 9.62. The molecule has 0 heterocycles. The van der Waals surface area contributed by atoms with Crippen LogP contribution in [0.4, 0.5) is 18.9 Å². The van der Waals surface area contributed by atoms with Crippen molar-refractivity contribution < 1.29 is 34.8 Å². The molecule has 206 valence electrons. The van der Waals surface area contributed by atoms with Gasteiger partial charge in [0.2, 0.25) is 15.9 Å². The second-order valence-corrected chi connectivity index (χ2v) is 13.4. The Kier molecular flexibility index (Phi) is 10.1. The summed E-state index contributed by atoms with van der Waals surface area (Å²) in [5, 5.41) is 0. The number of alkyl halides is 3. The lowest BCUT2D eigenvalue weighted by Crippen LogP contribution is -2.52. The number of halogens is 4. The van der Waals surface area contributed by atoms with Crippen LogP contribution in [0.3, 0.4) is 0 Å². The number of carbonyl (C=O) groups excluding carboxylic acids is 1. The van der Waals surface area contributed by atoms with Gasteiger partial charge in [0.15, 0.2) is 15.6 Å². The Morgan fingerprint density at radius 2 is 1.61 bits per heavy atom. The molecular formula is C22H33ClF3N3O5S2. The van der Waals surface area contributed by atoms with E-state index in [4.69, 9.17) is 5.73 Å². The van der Waals surface area contributed by atoms with Crippen LogP contribution in [0.5, 0.6) is 0 Å². The highest BCUT2D eigenvalue weighted by Gasteiger charge is 2.36. The Bertz CT molecular complexity index is 1100. The number of nitrogens with two attached hydrogens (primary N) is 1. The summed E-state index contributed by atoms with van der Waals surface area (Å²) in [4.78, 5) is 14.4. The Morgan fingerprint density at radius 1 is 1.06 bits per heavy atom. The molecule has 0 bridgehead atoms.